The van der Waals surface area contributed by atoms with Crippen LogP contribution in [0.4, 0.5) is 5.69 Å². The predicted octanol–water partition coefficient (Wildman–Crippen LogP) is 6.03. The number of hydrogen-bond donors (Lipinski definition) is 2. The minimum Gasteiger partial charge on any atom is -0.478 e. The van der Waals surface area contributed by atoms with Gasteiger partial charge in [0.25, 0.3) is 5.91 Å². The zero-order chi connectivity index (χ0) is 26.9. The van der Waals surface area contributed by atoms with Crippen molar-refractivity contribution < 1.29 is 23.9 Å². The van der Waals surface area contributed by atoms with Gasteiger partial charge in [0.1, 0.15) is 11.5 Å². The lowest BCUT2D eigenvalue weighted by molar-refractivity contribution is -0.139. The fourth-order valence-electron chi connectivity index (χ4n) is 5.45. The van der Waals surface area contributed by atoms with Gasteiger partial charge in [-0.05, 0) is 61.9 Å². The van der Waals surface area contributed by atoms with Crippen molar-refractivity contribution in [2.75, 3.05) is 11.9 Å². The van der Waals surface area contributed by atoms with Crippen LogP contribution in [-0.2, 0) is 9.59 Å². The maximum absolute atomic E-state index is 13.7. The molecule has 9 heteroatoms. The van der Waals surface area contributed by atoms with Crippen molar-refractivity contribution in [3.63, 3.8) is 0 Å². The molecule has 1 atom stereocenters. The zero-order valence-corrected chi connectivity index (χ0v) is 21.7. The van der Waals surface area contributed by atoms with Crippen molar-refractivity contribution in [2.24, 2.45) is 0 Å². The number of anilines is 1. The van der Waals surface area contributed by atoms with Crippen LogP contribution >= 0.6 is 11.6 Å². The molecule has 0 bridgehead atoms. The molecule has 2 aliphatic rings. The van der Waals surface area contributed by atoms with Crippen LogP contribution in [0, 0.1) is 0 Å². The number of nitrogens with one attached hydrogen (secondary N) is 1. The first kappa shape index (κ1) is 24.1. The van der Waals surface area contributed by atoms with Gasteiger partial charge in [-0.3, -0.25) is 14.5 Å². The molecule has 2 amide bonds. The number of nitrogens with zero attached hydrogens (tertiary/aromatic N) is 2. The highest BCUT2D eigenvalue weighted by Crippen LogP contribution is 2.48. The molecule has 8 nitrogen and oxygen atoms in total. The van der Waals surface area contributed by atoms with Gasteiger partial charge in [-0.25, -0.2) is 4.79 Å². The summed E-state index contributed by atoms with van der Waals surface area (Å²) in [7, 11) is 0. The van der Waals surface area contributed by atoms with Crippen molar-refractivity contribution in [1.82, 2.24) is 9.47 Å². The molecule has 2 aromatic heterocycles. The number of furan rings is 1. The largest absolute Gasteiger partial charge is 0.478 e. The lowest BCUT2D eigenvalue weighted by Gasteiger charge is -2.17. The Kier molecular flexibility index (Phi) is 5.47. The van der Waals surface area contributed by atoms with E-state index in [-0.39, 0.29) is 30.0 Å². The summed E-state index contributed by atoms with van der Waals surface area (Å²) in [6, 6.07) is 14.1. The summed E-state index contributed by atoms with van der Waals surface area (Å²) >= 11 is 6.42. The van der Waals surface area contributed by atoms with E-state index in [4.69, 9.17) is 16.0 Å². The van der Waals surface area contributed by atoms with E-state index >= 15 is 0 Å². The third kappa shape index (κ3) is 3.55. The third-order valence-electron chi connectivity index (χ3n) is 7.22. The van der Waals surface area contributed by atoms with Gasteiger partial charge < -0.3 is 19.4 Å². The van der Waals surface area contributed by atoms with E-state index in [0.717, 1.165) is 22.2 Å². The van der Waals surface area contributed by atoms with E-state index in [1.54, 1.807) is 12.1 Å². The van der Waals surface area contributed by atoms with Crippen molar-refractivity contribution >= 4 is 46.0 Å². The average Bonchev–Trinajstić information content (AvgIpc) is 3.56. The van der Waals surface area contributed by atoms with Crippen LogP contribution in [0.15, 0.2) is 70.4 Å². The fraction of sp³-hybridized carbons (Fsp3) is 0.207. The molecule has 2 aromatic carbocycles. The molecule has 0 saturated carbocycles. The van der Waals surface area contributed by atoms with Gasteiger partial charge >= 0.3 is 5.97 Å². The standard InChI is InChI=1S/C29H24ClN3O5/c1-14(2)32-12-18-25-20(5-4-6-22(25)32)31-21-13-33(15(3)34)28(35)27(21)26(18)24-10-9-23(38-24)17-11-16(29(36)37)7-8-19(17)30/h4-12,14,26,31H,13H2,1-3H3,(H,36,37)/t26-/m0/s1. The number of carboxylic acid groups (broad SMARTS) is 1. The molecule has 0 fully saturated rings. The second-order valence-electron chi connectivity index (χ2n) is 9.85. The lowest BCUT2D eigenvalue weighted by atomic mass is 9.88. The second kappa shape index (κ2) is 8.63. The average molecular weight is 530 g/mol. The van der Waals surface area contributed by atoms with Crippen LogP contribution in [0.2, 0.25) is 5.02 Å². The number of carboxylic acids is 1. The Bertz CT molecular complexity index is 1710. The fourth-order valence-corrected chi connectivity index (χ4v) is 5.67. The molecule has 4 heterocycles. The number of rotatable bonds is 4. The van der Waals surface area contributed by atoms with Gasteiger partial charge in [0.05, 0.1) is 34.1 Å². The van der Waals surface area contributed by atoms with Gasteiger partial charge in [-0.1, -0.05) is 17.7 Å². The number of imide groups is 1. The van der Waals surface area contributed by atoms with E-state index in [9.17, 15) is 19.5 Å². The van der Waals surface area contributed by atoms with E-state index < -0.39 is 11.9 Å². The summed E-state index contributed by atoms with van der Waals surface area (Å²) in [5.74, 6) is -1.50. The van der Waals surface area contributed by atoms with Crippen LogP contribution in [-0.4, -0.2) is 38.9 Å². The van der Waals surface area contributed by atoms with Crippen molar-refractivity contribution in [3.05, 3.63) is 87.9 Å². The molecule has 0 saturated heterocycles. The normalized spacial score (nSPS) is 16.7. The molecule has 0 unspecified atom stereocenters. The van der Waals surface area contributed by atoms with Gasteiger partial charge in [0.2, 0.25) is 5.91 Å². The van der Waals surface area contributed by atoms with Crippen LogP contribution in [0.25, 0.3) is 22.2 Å². The topological polar surface area (TPSA) is 105 Å². The highest BCUT2D eigenvalue weighted by atomic mass is 35.5. The molecule has 0 spiro atoms. The Morgan fingerprint density at radius 3 is 2.66 bits per heavy atom. The van der Waals surface area contributed by atoms with Crippen molar-refractivity contribution in [3.8, 4) is 11.3 Å². The molecule has 38 heavy (non-hydrogen) atoms. The van der Waals surface area contributed by atoms with Gasteiger partial charge in [0, 0.05) is 41.5 Å². The van der Waals surface area contributed by atoms with E-state index in [1.165, 1.54) is 30.0 Å². The highest BCUT2D eigenvalue weighted by Gasteiger charge is 2.43. The number of halogens is 1. The summed E-state index contributed by atoms with van der Waals surface area (Å²) in [6.45, 7) is 5.71. The van der Waals surface area contributed by atoms with E-state index in [0.29, 0.717) is 33.4 Å². The summed E-state index contributed by atoms with van der Waals surface area (Å²) in [4.78, 5) is 38.8. The minimum atomic E-state index is -1.07. The van der Waals surface area contributed by atoms with Crippen molar-refractivity contribution in [2.45, 2.75) is 32.7 Å². The Hall–Kier alpha value is -4.30. The maximum atomic E-state index is 13.7. The number of hydrogen-bond acceptors (Lipinski definition) is 5. The van der Waals surface area contributed by atoms with Crippen LogP contribution in [0.5, 0.6) is 0 Å². The number of carbonyl (C=O) groups excluding carboxylic acids is 2. The number of carbonyl (C=O) groups is 3. The Morgan fingerprint density at radius 1 is 1.16 bits per heavy atom. The molecule has 2 N–H and O–H groups in total. The summed E-state index contributed by atoms with van der Waals surface area (Å²) in [6.07, 6.45) is 2.05. The number of benzene rings is 2. The monoisotopic (exact) mass is 529 g/mol. The van der Waals surface area contributed by atoms with E-state index in [1.807, 2.05) is 24.4 Å². The molecule has 6 rings (SSSR count). The first-order valence-electron chi connectivity index (χ1n) is 12.2. The number of aromatic carboxylic acids is 1. The summed E-state index contributed by atoms with van der Waals surface area (Å²) in [5.41, 5.74) is 4.38. The molecule has 192 valence electrons. The molecule has 0 aliphatic carbocycles. The molecule has 4 aromatic rings. The SMILES string of the molecule is CC(=O)N1CC2=C(C1=O)[C@H](c1ccc(-c3cc(C(=O)O)ccc3Cl)o1)c1cn(C(C)C)c3cccc(c13)N2. The molecule has 0 radical (unpaired) electrons. The Balaban J connectivity index is 1.58. The Labute approximate surface area is 223 Å². The zero-order valence-electron chi connectivity index (χ0n) is 20.9. The van der Waals surface area contributed by atoms with Crippen LogP contribution in [0.3, 0.4) is 0 Å². The number of amides is 2. The van der Waals surface area contributed by atoms with Gasteiger partial charge in [-0.2, -0.15) is 0 Å². The third-order valence-corrected chi connectivity index (χ3v) is 7.55. The van der Waals surface area contributed by atoms with Crippen LogP contribution < -0.4 is 5.32 Å². The summed E-state index contributed by atoms with van der Waals surface area (Å²) < 4.78 is 8.50. The van der Waals surface area contributed by atoms with Gasteiger partial charge in [0.15, 0.2) is 0 Å². The first-order chi connectivity index (χ1) is 18.2. The van der Waals surface area contributed by atoms with E-state index in [2.05, 4.69) is 23.7 Å². The smallest absolute Gasteiger partial charge is 0.335 e. The van der Waals surface area contributed by atoms with Crippen LogP contribution in [0.1, 0.15) is 54.4 Å². The molecule has 2 aliphatic heterocycles. The predicted molar refractivity (Wildman–Crippen MR) is 143 cm³/mol. The Morgan fingerprint density at radius 2 is 1.95 bits per heavy atom. The second-order valence-corrected chi connectivity index (χ2v) is 10.3. The number of aromatic nitrogens is 1. The van der Waals surface area contributed by atoms with Crippen molar-refractivity contribution in [1.29, 1.82) is 0 Å². The molecular weight excluding hydrogens is 506 g/mol. The molecular formula is C29H24ClN3O5. The summed E-state index contributed by atoms with van der Waals surface area (Å²) in [5, 5.41) is 14.2. The maximum Gasteiger partial charge on any atom is 0.335 e. The minimum absolute atomic E-state index is 0.0822. The first-order valence-corrected chi connectivity index (χ1v) is 12.6. The lowest BCUT2D eigenvalue weighted by Crippen LogP contribution is -2.33. The van der Waals surface area contributed by atoms with Gasteiger partial charge in [-0.15, -0.1) is 0 Å². The quantitative estimate of drug-likeness (QED) is 0.334. The highest BCUT2D eigenvalue weighted by molar-refractivity contribution is 6.33.